The van der Waals surface area contributed by atoms with E-state index in [-0.39, 0.29) is 5.41 Å². The molecule has 0 aromatic heterocycles. The third kappa shape index (κ3) is 2.25. The van der Waals surface area contributed by atoms with Crippen LogP contribution in [0.2, 0.25) is 5.02 Å². The van der Waals surface area contributed by atoms with E-state index in [1.807, 2.05) is 12.1 Å². The molecule has 1 aromatic rings. The third-order valence-corrected chi connectivity index (χ3v) is 2.63. The highest BCUT2D eigenvalue weighted by Crippen LogP contribution is 2.30. The van der Waals surface area contributed by atoms with E-state index < -0.39 is 0 Å². The van der Waals surface area contributed by atoms with Gasteiger partial charge >= 0.3 is 0 Å². The van der Waals surface area contributed by atoms with Crippen LogP contribution in [0.1, 0.15) is 38.8 Å². The monoisotopic (exact) mass is 196 g/mol. The number of rotatable bonds is 1. The van der Waals surface area contributed by atoms with E-state index in [9.17, 15) is 0 Å². The Morgan fingerprint density at radius 2 is 1.85 bits per heavy atom. The molecule has 0 bridgehead atoms. The molecule has 0 heterocycles. The first-order chi connectivity index (χ1) is 5.96. The average Bonchev–Trinajstić information content (AvgIpc) is 2.02. The van der Waals surface area contributed by atoms with E-state index in [1.54, 1.807) is 0 Å². The summed E-state index contributed by atoms with van der Waals surface area (Å²) in [5.74, 6) is 0. The molecule has 0 aliphatic carbocycles. The van der Waals surface area contributed by atoms with Gasteiger partial charge in [-0.3, -0.25) is 0 Å². The molecule has 0 amide bonds. The predicted octanol–water partition coefficient (Wildman–Crippen LogP) is 4.20. The topological polar surface area (TPSA) is 0 Å². The predicted molar refractivity (Wildman–Crippen MR) is 59.5 cm³/mol. The Kier molecular flexibility index (Phi) is 3.02. The van der Waals surface area contributed by atoms with Gasteiger partial charge in [0.15, 0.2) is 0 Å². The van der Waals surface area contributed by atoms with Crippen LogP contribution >= 0.6 is 11.6 Å². The van der Waals surface area contributed by atoms with Crippen LogP contribution in [-0.4, -0.2) is 0 Å². The summed E-state index contributed by atoms with van der Waals surface area (Å²) in [4.78, 5) is 0. The highest BCUT2D eigenvalue weighted by atomic mass is 35.5. The molecule has 0 radical (unpaired) electrons. The standard InChI is InChI=1S/C12H17Cl/c1-5-9-10(12(2,3)4)7-6-8-11(9)13/h6-8H,5H2,1-4H3. The van der Waals surface area contributed by atoms with Gasteiger partial charge in [-0.25, -0.2) is 0 Å². The van der Waals surface area contributed by atoms with Gasteiger partial charge in [0.2, 0.25) is 0 Å². The van der Waals surface area contributed by atoms with Gasteiger partial charge in [0.05, 0.1) is 0 Å². The zero-order valence-electron chi connectivity index (χ0n) is 8.82. The lowest BCUT2D eigenvalue weighted by molar-refractivity contribution is 0.583. The van der Waals surface area contributed by atoms with E-state index in [0.717, 1.165) is 11.4 Å². The number of benzene rings is 1. The van der Waals surface area contributed by atoms with Crippen molar-refractivity contribution in [2.24, 2.45) is 0 Å². The minimum Gasteiger partial charge on any atom is -0.0840 e. The van der Waals surface area contributed by atoms with Crippen molar-refractivity contribution in [2.45, 2.75) is 39.5 Å². The fraction of sp³-hybridized carbons (Fsp3) is 0.500. The van der Waals surface area contributed by atoms with Crippen LogP contribution in [0, 0.1) is 0 Å². The molecule has 1 rings (SSSR count). The van der Waals surface area contributed by atoms with Gasteiger partial charge in [-0.05, 0) is 29.0 Å². The van der Waals surface area contributed by atoms with Gasteiger partial charge in [0.25, 0.3) is 0 Å². The summed E-state index contributed by atoms with van der Waals surface area (Å²) in [7, 11) is 0. The summed E-state index contributed by atoms with van der Waals surface area (Å²) in [6.07, 6.45) is 1.01. The quantitative estimate of drug-likeness (QED) is 0.632. The molecule has 0 N–H and O–H groups in total. The molecule has 72 valence electrons. The van der Waals surface area contributed by atoms with Crippen molar-refractivity contribution >= 4 is 11.6 Å². The van der Waals surface area contributed by atoms with Crippen molar-refractivity contribution in [2.75, 3.05) is 0 Å². The molecule has 0 saturated heterocycles. The Hall–Kier alpha value is -0.490. The Bertz CT molecular complexity index is 294. The molecule has 1 aromatic carbocycles. The molecule has 0 unspecified atom stereocenters. The van der Waals surface area contributed by atoms with E-state index in [2.05, 4.69) is 33.8 Å². The highest BCUT2D eigenvalue weighted by molar-refractivity contribution is 6.31. The lowest BCUT2D eigenvalue weighted by Crippen LogP contribution is -2.14. The second-order valence-corrected chi connectivity index (χ2v) is 4.78. The molecule has 0 fully saturated rings. The summed E-state index contributed by atoms with van der Waals surface area (Å²) < 4.78 is 0. The Morgan fingerprint density at radius 3 is 2.23 bits per heavy atom. The minimum absolute atomic E-state index is 0.191. The Morgan fingerprint density at radius 1 is 1.23 bits per heavy atom. The zero-order valence-corrected chi connectivity index (χ0v) is 9.57. The van der Waals surface area contributed by atoms with Crippen molar-refractivity contribution in [3.8, 4) is 0 Å². The third-order valence-electron chi connectivity index (χ3n) is 2.28. The van der Waals surface area contributed by atoms with Crippen LogP contribution in [-0.2, 0) is 11.8 Å². The van der Waals surface area contributed by atoms with Crippen molar-refractivity contribution in [1.29, 1.82) is 0 Å². The van der Waals surface area contributed by atoms with Crippen LogP contribution in [0.25, 0.3) is 0 Å². The summed E-state index contributed by atoms with van der Waals surface area (Å²) in [6.45, 7) is 8.81. The molecular weight excluding hydrogens is 180 g/mol. The van der Waals surface area contributed by atoms with E-state index >= 15 is 0 Å². The lowest BCUT2D eigenvalue weighted by Gasteiger charge is -2.23. The van der Waals surface area contributed by atoms with Crippen molar-refractivity contribution < 1.29 is 0 Å². The fourth-order valence-electron chi connectivity index (χ4n) is 1.62. The van der Waals surface area contributed by atoms with Gasteiger partial charge < -0.3 is 0 Å². The van der Waals surface area contributed by atoms with E-state index in [1.165, 1.54) is 11.1 Å². The number of halogens is 1. The normalized spacial score (nSPS) is 11.8. The summed E-state index contributed by atoms with van der Waals surface area (Å²) in [5.41, 5.74) is 2.84. The van der Waals surface area contributed by atoms with Crippen molar-refractivity contribution in [3.05, 3.63) is 34.3 Å². The molecule has 0 spiro atoms. The zero-order chi connectivity index (χ0) is 10.1. The second kappa shape index (κ2) is 3.71. The number of hydrogen-bond acceptors (Lipinski definition) is 0. The SMILES string of the molecule is CCc1c(Cl)cccc1C(C)(C)C. The van der Waals surface area contributed by atoms with Crippen molar-refractivity contribution in [3.63, 3.8) is 0 Å². The van der Waals surface area contributed by atoms with Crippen LogP contribution < -0.4 is 0 Å². The smallest absolute Gasteiger partial charge is 0.0440 e. The fourth-order valence-corrected chi connectivity index (χ4v) is 1.93. The lowest BCUT2D eigenvalue weighted by atomic mass is 9.83. The molecule has 0 nitrogen and oxygen atoms in total. The molecular formula is C12H17Cl. The maximum atomic E-state index is 6.14. The second-order valence-electron chi connectivity index (χ2n) is 4.37. The summed E-state index contributed by atoms with van der Waals surface area (Å²) >= 11 is 6.14. The highest BCUT2D eigenvalue weighted by Gasteiger charge is 2.17. The number of hydrogen-bond donors (Lipinski definition) is 0. The molecule has 1 heteroatoms. The van der Waals surface area contributed by atoms with Crippen LogP contribution in [0.4, 0.5) is 0 Å². The van der Waals surface area contributed by atoms with Gasteiger partial charge in [-0.15, -0.1) is 0 Å². The van der Waals surface area contributed by atoms with Crippen molar-refractivity contribution in [1.82, 2.24) is 0 Å². The minimum atomic E-state index is 0.191. The van der Waals surface area contributed by atoms with Crippen LogP contribution in [0.5, 0.6) is 0 Å². The maximum Gasteiger partial charge on any atom is 0.0440 e. The molecule has 0 aliphatic heterocycles. The molecule has 0 aliphatic rings. The molecule has 13 heavy (non-hydrogen) atoms. The van der Waals surface area contributed by atoms with E-state index in [0.29, 0.717) is 0 Å². The van der Waals surface area contributed by atoms with E-state index in [4.69, 9.17) is 11.6 Å². The van der Waals surface area contributed by atoms with Crippen LogP contribution in [0.3, 0.4) is 0 Å². The molecule has 0 atom stereocenters. The Balaban J connectivity index is 3.29. The summed E-state index contributed by atoms with van der Waals surface area (Å²) in [6, 6.07) is 6.17. The first-order valence-electron chi connectivity index (χ1n) is 4.74. The Labute approximate surface area is 85.9 Å². The average molecular weight is 197 g/mol. The maximum absolute atomic E-state index is 6.14. The summed E-state index contributed by atoms with van der Waals surface area (Å²) in [5, 5.41) is 0.898. The largest absolute Gasteiger partial charge is 0.0840 e. The molecule has 0 saturated carbocycles. The van der Waals surface area contributed by atoms with Gasteiger partial charge in [0, 0.05) is 5.02 Å². The van der Waals surface area contributed by atoms with Gasteiger partial charge in [0.1, 0.15) is 0 Å². The first kappa shape index (κ1) is 10.6. The van der Waals surface area contributed by atoms with Crippen LogP contribution in [0.15, 0.2) is 18.2 Å². The van der Waals surface area contributed by atoms with Gasteiger partial charge in [-0.1, -0.05) is 51.4 Å². The first-order valence-corrected chi connectivity index (χ1v) is 5.12. The van der Waals surface area contributed by atoms with Gasteiger partial charge in [-0.2, -0.15) is 0 Å².